The molecule has 0 aromatic heterocycles. The highest BCUT2D eigenvalue weighted by Crippen LogP contribution is 2.31. The maximum absolute atomic E-state index is 12.3. The van der Waals surface area contributed by atoms with Crippen LogP contribution in [0.15, 0.2) is 0 Å². The predicted octanol–water partition coefficient (Wildman–Crippen LogP) is 1.81. The number of nitrogens with two attached hydrogens (primary N) is 1. The molecule has 1 saturated heterocycles. The fourth-order valence-electron chi connectivity index (χ4n) is 3.43. The number of likely N-dealkylation sites (tertiary alicyclic amines) is 1. The first-order valence-corrected chi connectivity index (χ1v) is 7.47. The van der Waals surface area contributed by atoms with Gasteiger partial charge in [-0.25, -0.2) is 0 Å². The molecule has 6 heteroatoms. The van der Waals surface area contributed by atoms with Crippen LogP contribution in [-0.4, -0.2) is 43.0 Å². The zero-order chi connectivity index (χ0) is 13.0. The molecule has 120 valence electrons. The van der Waals surface area contributed by atoms with Crippen molar-refractivity contribution < 1.29 is 4.79 Å². The number of amides is 1. The number of hydrogen-bond acceptors (Lipinski definition) is 3. The first kappa shape index (κ1) is 20.0. The Labute approximate surface area is 135 Å². The molecule has 2 rings (SSSR count). The van der Waals surface area contributed by atoms with Gasteiger partial charge in [0.05, 0.1) is 0 Å². The molecule has 0 bridgehead atoms. The van der Waals surface area contributed by atoms with E-state index in [1.54, 1.807) is 0 Å². The van der Waals surface area contributed by atoms with Crippen molar-refractivity contribution in [2.24, 2.45) is 17.6 Å². The maximum Gasteiger partial charge on any atom is 0.223 e. The first-order valence-electron chi connectivity index (χ1n) is 7.47. The summed E-state index contributed by atoms with van der Waals surface area (Å²) in [6.07, 6.45) is 5.63. The van der Waals surface area contributed by atoms with Crippen molar-refractivity contribution in [2.45, 2.75) is 45.1 Å². The minimum Gasteiger partial charge on any atom is -0.352 e. The Bertz CT molecular complexity index is 292. The van der Waals surface area contributed by atoms with Crippen molar-refractivity contribution in [3.8, 4) is 0 Å². The third-order valence-corrected chi connectivity index (χ3v) is 4.60. The van der Waals surface area contributed by atoms with Crippen LogP contribution in [0.2, 0.25) is 0 Å². The number of carbonyl (C=O) groups is 1. The number of halogens is 2. The maximum atomic E-state index is 12.3. The van der Waals surface area contributed by atoms with E-state index < -0.39 is 0 Å². The van der Waals surface area contributed by atoms with Crippen LogP contribution < -0.4 is 11.1 Å². The molecule has 1 amide bonds. The molecular weight excluding hydrogens is 297 g/mol. The average molecular weight is 326 g/mol. The van der Waals surface area contributed by atoms with E-state index in [1.807, 2.05) is 0 Å². The lowest BCUT2D eigenvalue weighted by molar-refractivity contribution is -0.127. The molecule has 0 aromatic rings. The van der Waals surface area contributed by atoms with Crippen molar-refractivity contribution in [1.82, 2.24) is 10.2 Å². The quantitative estimate of drug-likeness (QED) is 0.828. The number of likely N-dealkylation sites (N-methyl/N-ethyl adjacent to an activating group) is 1. The highest BCUT2D eigenvalue weighted by Gasteiger charge is 2.33. The van der Waals surface area contributed by atoms with Gasteiger partial charge in [-0.2, -0.15) is 0 Å². The summed E-state index contributed by atoms with van der Waals surface area (Å²) in [5.41, 5.74) is 5.75. The number of nitrogens with zero attached hydrogens (tertiary/aromatic N) is 1. The number of hydrogen-bond donors (Lipinski definition) is 2. The van der Waals surface area contributed by atoms with E-state index in [1.165, 1.54) is 13.0 Å². The van der Waals surface area contributed by atoms with Crippen molar-refractivity contribution in [3.63, 3.8) is 0 Å². The van der Waals surface area contributed by atoms with E-state index in [4.69, 9.17) is 5.73 Å². The van der Waals surface area contributed by atoms with E-state index in [-0.39, 0.29) is 36.6 Å². The van der Waals surface area contributed by atoms with Gasteiger partial charge in [0.2, 0.25) is 5.91 Å². The van der Waals surface area contributed by atoms with Gasteiger partial charge in [0, 0.05) is 18.5 Å². The molecule has 1 heterocycles. The molecular formula is C14H29Cl2N3O. The lowest BCUT2D eigenvalue weighted by Crippen LogP contribution is -2.49. The highest BCUT2D eigenvalue weighted by molar-refractivity contribution is 5.85. The zero-order valence-electron chi connectivity index (χ0n) is 12.3. The Balaban J connectivity index is 0.00000180. The first-order chi connectivity index (χ1) is 8.74. The molecule has 2 aliphatic rings. The minimum atomic E-state index is 0. The third kappa shape index (κ3) is 5.06. The lowest BCUT2D eigenvalue weighted by Gasteiger charge is -2.33. The van der Waals surface area contributed by atoms with Crippen LogP contribution in [-0.2, 0) is 4.79 Å². The number of rotatable bonds is 4. The predicted molar refractivity (Wildman–Crippen MR) is 87.7 cm³/mol. The summed E-state index contributed by atoms with van der Waals surface area (Å²) in [6.45, 7) is 6.12. The number of nitrogens with one attached hydrogen (secondary N) is 1. The van der Waals surface area contributed by atoms with Gasteiger partial charge in [-0.1, -0.05) is 13.3 Å². The molecule has 3 atom stereocenters. The van der Waals surface area contributed by atoms with Crippen LogP contribution in [0, 0.1) is 11.8 Å². The largest absolute Gasteiger partial charge is 0.352 e. The van der Waals surface area contributed by atoms with E-state index in [2.05, 4.69) is 17.1 Å². The second kappa shape index (κ2) is 9.82. The summed E-state index contributed by atoms with van der Waals surface area (Å²) in [4.78, 5) is 14.7. The van der Waals surface area contributed by atoms with Crippen LogP contribution in [0.4, 0.5) is 0 Å². The molecule has 1 aliphatic heterocycles. The van der Waals surface area contributed by atoms with Gasteiger partial charge >= 0.3 is 0 Å². The SMILES string of the molecule is CCN1CCCC(NC(=O)[C@@H]2CCC[C@@H]2CN)C1.Cl.Cl. The Morgan fingerprint density at radius 1 is 1.25 bits per heavy atom. The van der Waals surface area contributed by atoms with Gasteiger partial charge in [0.1, 0.15) is 0 Å². The van der Waals surface area contributed by atoms with Gasteiger partial charge in [-0.05, 0) is 51.2 Å². The average Bonchev–Trinajstić information content (AvgIpc) is 2.87. The third-order valence-electron chi connectivity index (χ3n) is 4.60. The summed E-state index contributed by atoms with van der Waals surface area (Å²) in [7, 11) is 0. The minimum absolute atomic E-state index is 0. The molecule has 0 aromatic carbocycles. The second-order valence-corrected chi connectivity index (χ2v) is 5.77. The van der Waals surface area contributed by atoms with E-state index in [0.717, 1.165) is 38.8 Å². The molecule has 1 unspecified atom stereocenters. The topological polar surface area (TPSA) is 58.4 Å². The molecule has 2 fully saturated rings. The Kier molecular flexibility index (Phi) is 9.81. The van der Waals surface area contributed by atoms with Crippen molar-refractivity contribution in [3.05, 3.63) is 0 Å². The van der Waals surface area contributed by atoms with Gasteiger partial charge in [-0.3, -0.25) is 4.79 Å². The van der Waals surface area contributed by atoms with Crippen molar-refractivity contribution in [2.75, 3.05) is 26.2 Å². The van der Waals surface area contributed by atoms with Gasteiger partial charge in [0.15, 0.2) is 0 Å². The highest BCUT2D eigenvalue weighted by atomic mass is 35.5. The van der Waals surface area contributed by atoms with Crippen LogP contribution in [0.1, 0.15) is 39.0 Å². The monoisotopic (exact) mass is 325 g/mol. The smallest absolute Gasteiger partial charge is 0.223 e. The van der Waals surface area contributed by atoms with Crippen LogP contribution >= 0.6 is 24.8 Å². The summed E-state index contributed by atoms with van der Waals surface area (Å²) in [5.74, 6) is 0.841. The van der Waals surface area contributed by atoms with Gasteiger partial charge in [0.25, 0.3) is 0 Å². The molecule has 4 nitrogen and oxygen atoms in total. The number of carbonyl (C=O) groups excluding carboxylic acids is 1. The molecule has 3 N–H and O–H groups in total. The lowest BCUT2D eigenvalue weighted by atomic mass is 9.94. The summed E-state index contributed by atoms with van der Waals surface area (Å²) in [5, 5.41) is 3.25. The molecule has 0 spiro atoms. The molecule has 1 saturated carbocycles. The second-order valence-electron chi connectivity index (χ2n) is 5.77. The van der Waals surface area contributed by atoms with Gasteiger partial charge < -0.3 is 16.0 Å². The molecule has 0 radical (unpaired) electrons. The van der Waals surface area contributed by atoms with Crippen molar-refractivity contribution in [1.29, 1.82) is 0 Å². The zero-order valence-corrected chi connectivity index (χ0v) is 14.0. The van der Waals surface area contributed by atoms with Gasteiger partial charge in [-0.15, -0.1) is 24.8 Å². The molecule has 1 aliphatic carbocycles. The fourth-order valence-corrected chi connectivity index (χ4v) is 3.43. The number of piperidine rings is 1. The van der Waals surface area contributed by atoms with Crippen molar-refractivity contribution >= 4 is 30.7 Å². The van der Waals surface area contributed by atoms with Crippen LogP contribution in [0.5, 0.6) is 0 Å². The summed E-state index contributed by atoms with van der Waals surface area (Å²) >= 11 is 0. The van der Waals surface area contributed by atoms with E-state index >= 15 is 0 Å². The van der Waals surface area contributed by atoms with Crippen LogP contribution in [0.3, 0.4) is 0 Å². The van der Waals surface area contributed by atoms with E-state index in [9.17, 15) is 4.79 Å². The van der Waals surface area contributed by atoms with E-state index in [0.29, 0.717) is 18.5 Å². The molecule has 20 heavy (non-hydrogen) atoms. The van der Waals surface area contributed by atoms with Crippen LogP contribution in [0.25, 0.3) is 0 Å². The fraction of sp³-hybridized carbons (Fsp3) is 0.929. The normalized spacial score (nSPS) is 30.2. The standard InChI is InChI=1S/C14H27N3O.2ClH/c1-2-17-8-4-6-12(10-17)16-14(18)13-7-3-5-11(13)9-15;;/h11-13H,2-10,15H2,1H3,(H,16,18);2*1H/t11-,12?,13-;;/m1../s1. The Hall–Kier alpha value is -0.0300. The summed E-state index contributed by atoms with van der Waals surface area (Å²) < 4.78 is 0. The Morgan fingerprint density at radius 2 is 2.00 bits per heavy atom. The summed E-state index contributed by atoms with van der Waals surface area (Å²) in [6, 6.07) is 0.352. The Morgan fingerprint density at radius 3 is 2.65 bits per heavy atom.